The van der Waals surface area contributed by atoms with Crippen molar-refractivity contribution in [1.29, 1.82) is 0 Å². The van der Waals surface area contributed by atoms with Crippen LogP contribution in [0.15, 0.2) is 30.3 Å². The predicted molar refractivity (Wildman–Crippen MR) is 64.9 cm³/mol. The Morgan fingerprint density at radius 2 is 2.06 bits per heavy atom. The third kappa shape index (κ3) is 2.82. The molecule has 2 atom stereocenters. The van der Waals surface area contributed by atoms with E-state index in [2.05, 4.69) is 29.2 Å². The number of nitrogens with zero attached hydrogens (tertiary/aromatic N) is 1. The van der Waals surface area contributed by atoms with Gasteiger partial charge in [-0.05, 0) is 18.5 Å². The van der Waals surface area contributed by atoms with E-state index in [0.29, 0.717) is 0 Å². The van der Waals surface area contributed by atoms with Gasteiger partial charge in [0.15, 0.2) is 0 Å². The van der Waals surface area contributed by atoms with Crippen LogP contribution in [0.5, 0.6) is 0 Å². The lowest BCUT2D eigenvalue weighted by molar-refractivity contribution is 0.0992. The summed E-state index contributed by atoms with van der Waals surface area (Å²) in [5.41, 5.74) is 7.29. The SMILES string of the molecule is N[C@H]1CCN(Cc2ccccc2)C[C@H]1CO. The minimum absolute atomic E-state index is 0.164. The molecule has 0 bridgehead atoms. The number of benzene rings is 1. The van der Waals surface area contributed by atoms with Gasteiger partial charge in [0.2, 0.25) is 0 Å². The summed E-state index contributed by atoms with van der Waals surface area (Å²) in [5.74, 6) is 0.234. The fourth-order valence-corrected chi connectivity index (χ4v) is 2.30. The van der Waals surface area contributed by atoms with Gasteiger partial charge in [0.25, 0.3) is 0 Å². The average Bonchev–Trinajstić information content (AvgIpc) is 2.33. The first-order valence-electron chi connectivity index (χ1n) is 5.92. The number of aliphatic hydroxyl groups is 1. The van der Waals surface area contributed by atoms with E-state index in [1.54, 1.807) is 0 Å². The van der Waals surface area contributed by atoms with Gasteiger partial charge in [0.1, 0.15) is 0 Å². The second-order valence-corrected chi connectivity index (χ2v) is 4.62. The van der Waals surface area contributed by atoms with E-state index >= 15 is 0 Å². The molecule has 16 heavy (non-hydrogen) atoms. The maximum Gasteiger partial charge on any atom is 0.0486 e. The standard InChI is InChI=1S/C13H20N2O/c14-13-6-7-15(9-12(13)10-16)8-11-4-2-1-3-5-11/h1-5,12-13,16H,6-10,14H2/t12-,13-/m0/s1. The highest BCUT2D eigenvalue weighted by atomic mass is 16.3. The Morgan fingerprint density at radius 3 is 2.75 bits per heavy atom. The van der Waals surface area contributed by atoms with Crippen LogP contribution < -0.4 is 5.73 Å². The van der Waals surface area contributed by atoms with Crippen molar-refractivity contribution < 1.29 is 5.11 Å². The van der Waals surface area contributed by atoms with Gasteiger partial charge in [-0.1, -0.05) is 30.3 Å². The highest BCUT2D eigenvalue weighted by molar-refractivity contribution is 5.14. The monoisotopic (exact) mass is 220 g/mol. The molecule has 1 aliphatic heterocycles. The Balaban J connectivity index is 1.92. The van der Waals surface area contributed by atoms with Gasteiger partial charge in [-0.2, -0.15) is 0 Å². The van der Waals surface area contributed by atoms with Gasteiger partial charge in [-0.15, -0.1) is 0 Å². The van der Waals surface area contributed by atoms with E-state index in [0.717, 1.165) is 26.1 Å². The molecule has 0 saturated carbocycles. The number of piperidine rings is 1. The largest absolute Gasteiger partial charge is 0.396 e. The van der Waals surface area contributed by atoms with Crippen molar-refractivity contribution in [2.75, 3.05) is 19.7 Å². The van der Waals surface area contributed by atoms with E-state index in [9.17, 15) is 5.11 Å². The summed E-state index contributed by atoms with van der Waals surface area (Å²) in [6, 6.07) is 10.6. The highest BCUT2D eigenvalue weighted by Crippen LogP contribution is 2.17. The summed E-state index contributed by atoms with van der Waals surface area (Å²) in [6.07, 6.45) is 0.984. The Morgan fingerprint density at radius 1 is 1.31 bits per heavy atom. The summed E-state index contributed by atoms with van der Waals surface area (Å²) in [6.45, 7) is 3.11. The third-order valence-electron chi connectivity index (χ3n) is 3.36. The molecule has 1 aliphatic rings. The number of rotatable bonds is 3. The number of aliphatic hydroxyl groups excluding tert-OH is 1. The van der Waals surface area contributed by atoms with E-state index in [1.165, 1.54) is 5.56 Å². The van der Waals surface area contributed by atoms with Crippen LogP contribution in [-0.4, -0.2) is 35.7 Å². The maximum atomic E-state index is 9.24. The summed E-state index contributed by atoms with van der Waals surface area (Å²) >= 11 is 0. The van der Waals surface area contributed by atoms with Gasteiger partial charge in [-0.25, -0.2) is 0 Å². The molecule has 88 valence electrons. The molecule has 0 aromatic heterocycles. The lowest BCUT2D eigenvalue weighted by Gasteiger charge is -2.36. The topological polar surface area (TPSA) is 49.5 Å². The molecule has 0 aliphatic carbocycles. The molecule has 0 spiro atoms. The number of hydrogen-bond acceptors (Lipinski definition) is 3. The molecule has 3 heteroatoms. The van der Waals surface area contributed by atoms with Gasteiger partial charge in [0, 0.05) is 31.7 Å². The molecule has 1 saturated heterocycles. The van der Waals surface area contributed by atoms with Crippen LogP contribution in [-0.2, 0) is 6.54 Å². The van der Waals surface area contributed by atoms with Gasteiger partial charge in [-0.3, -0.25) is 4.90 Å². The number of nitrogens with two attached hydrogens (primary N) is 1. The maximum absolute atomic E-state index is 9.24. The van der Waals surface area contributed by atoms with Crippen molar-refractivity contribution in [3.05, 3.63) is 35.9 Å². The van der Waals surface area contributed by atoms with Crippen LogP contribution in [0.1, 0.15) is 12.0 Å². The number of hydrogen-bond donors (Lipinski definition) is 2. The zero-order chi connectivity index (χ0) is 11.4. The Labute approximate surface area is 96.9 Å². The minimum atomic E-state index is 0.164. The van der Waals surface area contributed by atoms with E-state index in [1.807, 2.05) is 6.07 Å². The molecule has 1 heterocycles. The first-order chi connectivity index (χ1) is 7.79. The van der Waals surface area contributed by atoms with Crippen LogP contribution in [0.25, 0.3) is 0 Å². The molecule has 1 fully saturated rings. The van der Waals surface area contributed by atoms with Crippen LogP contribution >= 0.6 is 0 Å². The molecule has 0 radical (unpaired) electrons. The van der Waals surface area contributed by atoms with Crippen molar-refractivity contribution in [2.45, 2.75) is 19.0 Å². The predicted octanol–water partition coefficient (Wildman–Crippen LogP) is 0.828. The lowest BCUT2D eigenvalue weighted by Crippen LogP contribution is -2.48. The zero-order valence-corrected chi connectivity index (χ0v) is 9.55. The number of likely N-dealkylation sites (tertiary alicyclic amines) is 1. The summed E-state index contributed by atoms with van der Waals surface area (Å²) in [7, 11) is 0. The molecule has 3 nitrogen and oxygen atoms in total. The molecule has 0 unspecified atom stereocenters. The normalized spacial score (nSPS) is 26.9. The van der Waals surface area contributed by atoms with E-state index in [-0.39, 0.29) is 18.6 Å². The average molecular weight is 220 g/mol. The van der Waals surface area contributed by atoms with E-state index in [4.69, 9.17) is 5.73 Å². The fourth-order valence-electron chi connectivity index (χ4n) is 2.30. The third-order valence-corrected chi connectivity index (χ3v) is 3.36. The van der Waals surface area contributed by atoms with Gasteiger partial charge >= 0.3 is 0 Å². The minimum Gasteiger partial charge on any atom is -0.396 e. The molecular formula is C13H20N2O. The molecule has 1 aromatic carbocycles. The van der Waals surface area contributed by atoms with Gasteiger partial charge in [0.05, 0.1) is 0 Å². The summed E-state index contributed by atoms with van der Waals surface area (Å²) in [4.78, 5) is 2.37. The molecule has 1 aromatic rings. The first-order valence-corrected chi connectivity index (χ1v) is 5.92. The van der Waals surface area contributed by atoms with Crippen molar-refractivity contribution >= 4 is 0 Å². The summed E-state index contributed by atoms with van der Waals surface area (Å²) < 4.78 is 0. The Bertz CT molecular complexity index is 315. The second-order valence-electron chi connectivity index (χ2n) is 4.62. The van der Waals surface area contributed by atoms with Crippen molar-refractivity contribution in [2.24, 2.45) is 11.7 Å². The quantitative estimate of drug-likeness (QED) is 0.793. The Hall–Kier alpha value is -0.900. The second kappa shape index (κ2) is 5.43. The van der Waals surface area contributed by atoms with E-state index < -0.39 is 0 Å². The van der Waals surface area contributed by atoms with Crippen molar-refractivity contribution in [3.63, 3.8) is 0 Å². The smallest absolute Gasteiger partial charge is 0.0486 e. The zero-order valence-electron chi connectivity index (χ0n) is 9.55. The lowest BCUT2D eigenvalue weighted by atomic mass is 9.93. The fraction of sp³-hybridized carbons (Fsp3) is 0.538. The molecule has 0 amide bonds. The molecule has 2 rings (SSSR count). The van der Waals surface area contributed by atoms with Crippen molar-refractivity contribution in [3.8, 4) is 0 Å². The summed E-state index contributed by atoms with van der Waals surface area (Å²) in [5, 5.41) is 9.24. The van der Waals surface area contributed by atoms with Crippen LogP contribution in [0, 0.1) is 5.92 Å². The molecule has 3 N–H and O–H groups in total. The van der Waals surface area contributed by atoms with Crippen LogP contribution in [0.4, 0.5) is 0 Å². The van der Waals surface area contributed by atoms with Crippen molar-refractivity contribution in [1.82, 2.24) is 4.90 Å². The highest BCUT2D eigenvalue weighted by Gasteiger charge is 2.25. The van der Waals surface area contributed by atoms with Crippen LogP contribution in [0.3, 0.4) is 0 Å². The Kier molecular flexibility index (Phi) is 3.93. The molecular weight excluding hydrogens is 200 g/mol. The van der Waals surface area contributed by atoms with Crippen LogP contribution in [0.2, 0.25) is 0 Å². The first kappa shape index (κ1) is 11.6. The van der Waals surface area contributed by atoms with Gasteiger partial charge < -0.3 is 10.8 Å².